The van der Waals surface area contributed by atoms with Gasteiger partial charge in [-0.15, -0.1) is 0 Å². The minimum Gasteiger partial charge on any atom is -0.550 e. The largest absolute Gasteiger partial charge is 1.00 e. The number of carboxylic acids is 1. The van der Waals surface area contributed by atoms with E-state index >= 15 is 0 Å². The third kappa shape index (κ3) is 12.7. The maximum Gasteiger partial charge on any atom is 1.00 e. The Balaban J connectivity index is 0. The first-order valence-electron chi connectivity index (χ1n) is 2.53. The van der Waals surface area contributed by atoms with Gasteiger partial charge in [0.05, 0.1) is 0 Å². The van der Waals surface area contributed by atoms with Crippen LogP contribution in [-0.4, -0.2) is 11.3 Å². The van der Waals surface area contributed by atoms with Crippen molar-refractivity contribution in [1.29, 1.82) is 0 Å². The fourth-order valence-corrected chi connectivity index (χ4v) is 0.760. The predicted molar refractivity (Wildman–Crippen MR) is 32.7 cm³/mol. The van der Waals surface area contributed by atoms with Crippen molar-refractivity contribution in [1.82, 2.24) is 0 Å². The molecule has 0 aliphatic carbocycles. The quantitative estimate of drug-likeness (QED) is 0.293. The second-order valence-electron chi connectivity index (χ2n) is 1.52. The van der Waals surface area contributed by atoms with Crippen molar-refractivity contribution in [3.8, 4) is 0 Å². The molecule has 0 atom stereocenters. The van der Waals surface area contributed by atoms with E-state index in [2.05, 4.69) is 15.9 Å². The summed E-state index contributed by atoms with van der Waals surface area (Å²) in [6, 6.07) is 0. The summed E-state index contributed by atoms with van der Waals surface area (Å²) < 4.78 is 0. The summed E-state index contributed by atoms with van der Waals surface area (Å²) in [5.74, 6) is -0.953. The van der Waals surface area contributed by atoms with Gasteiger partial charge in [0.15, 0.2) is 0 Å². The smallest absolute Gasteiger partial charge is 0.550 e. The molecule has 9 heavy (non-hydrogen) atoms. The van der Waals surface area contributed by atoms with Gasteiger partial charge in [-0.3, -0.25) is 0 Å². The van der Waals surface area contributed by atoms with E-state index in [0.29, 0.717) is 6.42 Å². The Bertz CT molecular complexity index is 77.4. The van der Waals surface area contributed by atoms with E-state index in [1.165, 1.54) is 0 Å². The van der Waals surface area contributed by atoms with E-state index in [0.717, 1.165) is 11.8 Å². The Hall–Kier alpha value is 1.59. The van der Waals surface area contributed by atoms with Crippen LogP contribution in [0.15, 0.2) is 0 Å². The molecule has 0 saturated heterocycles. The number of aliphatic carboxylic acids is 1. The molecule has 0 spiro atoms. The zero-order valence-electron chi connectivity index (χ0n) is 5.52. The summed E-state index contributed by atoms with van der Waals surface area (Å²) in [5.41, 5.74) is 0. The van der Waals surface area contributed by atoms with Gasteiger partial charge in [0, 0.05) is 11.3 Å². The Morgan fingerprint density at radius 2 is 2.00 bits per heavy atom. The van der Waals surface area contributed by atoms with Crippen molar-refractivity contribution in [3.63, 3.8) is 0 Å². The second kappa shape index (κ2) is 9.59. The van der Waals surface area contributed by atoms with Gasteiger partial charge in [0.1, 0.15) is 0 Å². The summed E-state index contributed by atoms with van der Waals surface area (Å²) in [4.78, 5) is 9.75. The normalized spacial score (nSPS) is 8.11. The average molecular weight is 219 g/mol. The first-order chi connectivity index (χ1) is 3.77. The van der Waals surface area contributed by atoms with Gasteiger partial charge in [-0.25, -0.2) is 0 Å². The van der Waals surface area contributed by atoms with Crippen molar-refractivity contribution < 1.29 is 61.3 Å². The number of carbonyl (C=O) groups excluding carboxylic acids is 1. The van der Waals surface area contributed by atoms with Crippen molar-refractivity contribution >= 4 is 21.9 Å². The molecule has 0 aromatic heterocycles. The van der Waals surface area contributed by atoms with Gasteiger partial charge in [0.2, 0.25) is 0 Å². The van der Waals surface area contributed by atoms with Crippen molar-refractivity contribution in [2.75, 3.05) is 5.33 Å². The Morgan fingerprint density at radius 3 is 2.33 bits per heavy atom. The molecule has 0 N–H and O–H groups in total. The topological polar surface area (TPSA) is 40.1 Å². The van der Waals surface area contributed by atoms with Gasteiger partial charge in [-0.1, -0.05) is 15.9 Å². The Kier molecular flexibility index (Phi) is 14.1. The van der Waals surface area contributed by atoms with Gasteiger partial charge < -0.3 is 9.90 Å². The number of rotatable bonds is 4. The minimum absolute atomic E-state index is 0. The standard InChI is InChI=1S/C5H9BrO2.K/c6-4-2-1-3-5(7)8;/h1-4H2,(H,7,8);/q;+1/p-1. The van der Waals surface area contributed by atoms with Crippen molar-refractivity contribution in [3.05, 3.63) is 0 Å². The van der Waals surface area contributed by atoms with E-state index in [-0.39, 0.29) is 57.8 Å². The first-order valence-corrected chi connectivity index (χ1v) is 3.65. The van der Waals surface area contributed by atoms with Crippen LogP contribution in [0.5, 0.6) is 0 Å². The molecule has 0 aliphatic rings. The first kappa shape index (κ1) is 13.2. The average Bonchev–Trinajstić information content (AvgIpc) is 1.66. The van der Waals surface area contributed by atoms with Gasteiger partial charge in [-0.2, -0.15) is 0 Å². The van der Waals surface area contributed by atoms with Crippen molar-refractivity contribution in [2.24, 2.45) is 0 Å². The zero-order chi connectivity index (χ0) is 6.41. The van der Waals surface area contributed by atoms with E-state index in [9.17, 15) is 9.90 Å². The van der Waals surface area contributed by atoms with Gasteiger partial charge in [-0.05, 0) is 19.3 Å². The van der Waals surface area contributed by atoms with Crippen LogP contribution in [0.1, 0.15) is 19.3 Å². The Morgan fingerprint density at radius 1 is 1.44 bits per heavy atom. The van der Waals surface area contributed by atoms with Crippen LogP contribution in [0.4, 0.5) is 0 Å². The molecule has 0 amide bonds. The third-order valence-corrected chi connectivity index (χ3v) is 1.33. The van der Waals surface area contributed by atoms with E-state index < -0.39 is 5.97 Å². The molecule has 4 heteroatoms. The predicted octanol–water partition coefficient (Wildman–Crippen LogP) is -2.69. The number of hydrogen-bond acceptors (Lipinski definition) is 2. The number of carboxylic acid groups (broad SMARTS) is 1. The van der Waals surface area contributed by atoms with Crippen LogP contribution in [0.2, 0.25) is 0 Å². The monoisotopic (exact) mass is 218 g/mol. The number of carbonyl (C=O) groups is 1. The number of unbranched alkanes of at least 4 members (excludes halogenated alkanes) is 1. The molecule has 0 aromatic carbocycles. The molecular weight excluding hydrogens is 211 g/mol. The zero-order valence-corrected chi connectivity index (χ0v) is 10.2. The molecule has 0 saturated carbocycles. The molecule has 0 radical (unpaired) electrons. The van der Waals surface area contributed by atoms with Crippen LogP contribution >= 0.6 is 15.9 Å². The SMILES string of the molecule is O=C([O-])CCCCBr.[K+]. The van der Waals surface area contributed by atoms with E-state index in [1.807, 2.05) is 0 Å². The van der Waals surface area contributed by atoms with Gasteiger partial charge >= 0.3 is 51.4 Å². The van der Waals surface area contributed by atoms with Crippen LogP contribution in [-0.2, 0) is 4.79 Å². The summed E-state index contributed by atoms with van der Waals surface area (Å²) in [5, 5.41) is 10.6. The molecule has 0 aliphatic heterocycles. The number of alkyl halides is 1. The van der Waals surface area contributed by atoms with Crippen LogP contribution in [0.3, 0.4) is 0 Å². The maximum absolute atomic E-state index is 9.75. The fourth-order valence-electron chi connectivity index (χ4n) is 0.364. The number of hydrogen-bond donors (Lipinski definition) is 0. The summed E-state index contributed by atoms with van der Waals surface area (Å²) in [7, 11) is 0. The maximum atomic E-state index is 9.75. The molecule has 0 heterocycles. The molecule has 0 unspecified atom stereocenters. The molecule has 48 valence electrons. The summed E-state index contributed by atoms with van der Waals surface area (Å²) >= 11 is 3.19. The molecule has 0 bridgehead atoms. The van der Waals surface area contributed by atoms with E-state index in [1.54, 1.807) is 0 Å². The summed E-state index contributed by atoms with van der Waals surface area (Å²) in [6.45, 7) is 0. The molecule has 2 nitrogen and oxygen atoms in total. The molecular formula is C5H8BrKO2. The Labute approximate surface area is 106 Å². The molecule has 0 rings (SSSR count). The summed E-state index contributed by atoms with van der Waals surface area (Å²) in [6.07, 6.45) is 1.81. The van der Waals surface area contributed by atoms with E-state index in [4.69, 9.17) is 0 Å². The van der Waals surface area contributed by atoms with Gasteiger partial charge in [0.25, 0.3) is 0 Å². The third-order valence-electron chi connectivity index (χ3n) is 0.765. The fraction of sp³-hybridized carbons (Fsp3) is 0.800. The van der Waals surface area contributed by atoms with Crippen LogP contribution in [0.25, 0.3) is 0 Å². The molecule has 0 fully saturated rings. The molecule has 0 aromatic rings. The van der Waals surface area contributed by atoms with Crippen LogP contribution < -0.4 is 56.5 Å². The van der Waals surface area contributed by atoms with Crippen LogP contribution in [0, 0.1) is 0 Å². The second-order valence-corrected chi connectivity index (χ2v) is 2.31. The number of halogens is 1. The van der Waals surface area contributed by atoms with Crippen molar-refractivity contribution in [2.45, 2.75) is 19.3 Å². The minimum atomic E-state index is -0.953.